The lowest BCUT2D eigenvalue weighted by Crippen LogP contribution is -1.97. The first-order valence-electron chi connectivity index (χ1n) is 2.41. The molecular formula is C6H9ClSi. The molecule has 0 bridgehead atoms. The Morgan fingerprint density at radius 3 is 1.75 bits per heavy atom. The Kier molecular flexibility index (Phi) is 3.57. The fraction of sp³-hybridized carbons (Fsp3) is 0. The van der Waals surface area contributed by atoms with Gasteiger partial charge in [0.15, 0.2) is 0 Å². The molecule has 0 saturated heterocycles. The molecule has 0 radical (unpaired) electrons. The van der Waals surface area contributed by atoms with Gasteiger partial charge in [-0.3, -0.25) is 0 Å². The zero-order valence-electron chi connectivity index (χ0n) is 4.79. The fourth-order valence-electron chi connectivity index (χ4n) is 0.534. The minimum absolute atomic E-state index is 0. The van der Waals surface area contributed by atoms with Crippen LogP contribution in [0.5, 0.6) is 0 Å². The summed E-state index contributed by atoms with van der Waals surface area (Å²) in [5, 5.41) is 1.46. The molecule has 0 aliphatic rings. The minimum atomic E-state index is 0. The molecule has 0 aliphatic carbocycles. The van der Waals surface area contributed by atoms with E-state index in [2.05, 4.69) is 24.3 Å². The second-order valence-electron chi connectivity index (χ2n) is 1.65. The number of hydrogen-bond acceptors (Lipinski definition) is 0. The van der Waals surface area contributed by atoms with Gasteiger partial charge in [0, 0.05) is 10.2 Å². The smallest absolute Gasteiger partial charge is 0.0384 e. The predicted molar refractivity (Wildman–Crippen MR) is 43.3 cm³/mol. The molecule has 0 atom stereocenters. The zero-order chi connectivity index (χ0) is 5.11. The summed E-state index contributed by atoms with van der Waals surface area (Å²) in [6.45, 7) is 0. The van der Waals surface area contributed by atoms with Gasteiger partial charge in [-0.25, -0.2) is 0 Å². The molecular weight excluding hydrogens is 136 g/mol. The second-order valence-corrected chi connectivity index (χ2v) is 2.81. The first kappa shape index (κ1) is 7.73. The van der Waals surface area contributed by atoms with E-state index in [1.807, 2.05) is 6.07 Å². The summed E-state index contributed by atoms with van der Waals surface area (Å²) in [6, 6.07) is 10.5. The highest BCUT2D eigenvalue weighted by Gasteiger charge is 1.72. The highest BCUT2D eigenvalue weighted by Crippen LogP contribution is 1.76. The molecule has 0 aromatic heterocycles. The topological polar surface area (TPSA) is 0 Å². The molecule has 2 heteroatoms. The van der Waals surface area contributed by atoms with Crippen LogP contribution in [0.2, 0.25) is 0 Å². The van der Waals surface area contributed by atoms with Crippen molar-refractivity contribution in [2.24, 2.45) is 0 Å². The molecule has 0 amide bonds. The highest BCUT2D eigenvalue weighted by atomic mass is 35.5. The third kappa shape index (κ3) is 2.14. The maximum atomic E-state index is 2.15. The lowest BCUT2D eigenvalue weighted by molar-refractivity contribution is 1.78. The number of rotatable bonds is 0. The molecule has 1 aromatic rings. The van der Waals surface area contributed by atoms with Gasteiger partial charge >= 0.3 is 0 Å². The van der Waals surface area contributed by atoms with Crippen molar-refractivity contribution < 1.29 is 0 Å². The van der Waals surface area contributed by atoms with Gasteiger partial charge in [0.25, 0.3) is 0 Å². The van der Waals surface area contributed by atoms with E-state index < -0.39 is 0 Å². The van der Waals surface area contributed by atoms with Gasteiger partial charge in [-0.15, -0.1) is 12.4 Å². The van der Waals surface area contributed by atoms with Crippen LogP contribution in [0, 0.1) is 0 Å². The molecule has 1 rings (SSSR count). The van der Waals surface area contributed by atoms with Crippen LogP contribution in [0.4, 0.5) is 0 Å². The van der Waals surface area contributed by atoms with Crippen molar-refractivity contribution in [3.8, 4) is 0 Å². The van der Waals surface area contributed by atoms with Crippen LogP contribution in [0.15, 0.2) is 30.3 Å². The molecule has 0 N–H and O–H groups in total. The number of hydrogen-bond donors (Lipinski definition) is 0. The van der Waals surface area contributed by atoms with Crippen molar-refractivity contribution in [1.29, 1.82) is 0 Å². The predicted octanol–water partition coefficient (Wildman–Crippen LogP) is 0.0991. The Morgan fingerprint density at radius 2 is 1.50 bits per heavy atom. The van der Waals surface area contributed by atoms with Crippen molar-refractivity contribution in [3.05, 3.63) is 30.3 Å². The van der Waals surface area contributed by atoms with Crippen LogP contribution in [0.1, 0.15) is 0 Å². The van der Waals surface area contributed by atoms with Crippen LogP contribution < -0.4 is 5.19 Å². The molecule has 0 aliphatic heterocycles. The average molecular weight is 145 g/mol. The fourth-order valence-corrected chi connectivity index (χ4v) is 0.919. The Hall–Kier alpha value is -0.273. The largest absolute Gasteiger partial charge is 0.147 e. The van der Waals surface area contributed by atoms with Gasteiger partial charge in [-0.2, -0.15) is 0 Å². The number of benzene rings is 1. The van der Waals surface area contributed by atoms with Gasteiger partial charge < -0.3 is 0 Å². The van der Waals surface area contributed by atoms with E-state index in [9.17, 15) is 0 Å². The molecule has 0 nitrogen and oxygen atoms in total. The van der Waals surface area contributed by atoms with Crippen molar-refractivity contribution in [2.45, 2.75) is 0 Å². The van der Waals surface area contributed by atoms with E-state index >= 15 is 0 Å². The van der Waals surface area contributed by atoms with Crippen molar-refractivity contribution in [1.82, 2.24) is 0 Å². The molecule has 0 saturated carbocycles. The van der Waals surface area contributed by atoms with E-state index in [0.717, 1.165) is 0 Å². The van der Waals surface area contributed by atoms with Crippen LogP contribution in [-0.4, -0.2) is 10.2 Å². The first-order valence-corrected chi connectivity index (χ1v) is 3.41. The van der Waals surface area contributed by atoms with Crippen LogP contribution in [0.25, 0.3) is 0 Å². The van der Waals surface area contributed by atoms with Crippen LogP contribution in [0.3, 0.4) is 0 Å². The Morgan fingerprint density at radius 1 is 1.00 bits per heavy atom. The van der Waals surface area contributed by atoms with Crippen LogP contribution >= 0.6 is 12.4 Å². The van der Waals surface area contributed by atoms with Gasteiger partial charge in [-0.05, 0) is 0 Å². The Balaban J connectivity index is 0.000000490. The Labute approximate surface area is 58.8 Å². The summed E-state index contributed by atoms with van der Waals surface area (Å²) in [6.07, 6.45) is 0. The summed E-state index contributed by atoms with van der Waals surface area (Å²) in [4.78, 5) is 0. The molecule has 0 fully saturated rings. The maximum absolute atomic E-state index is 2.15. The van der Waals surface area contributed by atoms with E-state index in [4.69, 9.17) is 0 Å². The molecule has 44 valence electrons. The van der Waals surface area contributed by atoms with Gasteiger partial charge in [0.1, 0.15) is 0 Å². The second kappa shape index (κ2) is 3.70. The normalized spacial score (nSPS) is 8.00. The molecule has 8 heavy (non-hydrogen) atoms. The third-order valence-corrected chi connectivity index (χ3v) is 1.61. The lowest BCUT2D eigenvalue weighted by atomic mass is 10.4. The highest BCUT2D eigenvalue weighted by molar-refractivity contribution is 6.32. The summed E-state index contributed by atoms with van der Waals surface area (Å²) < 4.78 is 0. The average Bonchev–Trinajstić information content (AvgIpc) is 1.69. The third-order valence-electron chi connectivity index (χ3n) is 0.940. The summed E-state index contributed by atoms with van der Waals surface area (Å²) in [5.41, 5.74) is 0. The quantitative estimate of drug-likeness (QED) is 0.454. The van der Waals surface area contributed by atoms with Gasteiger partial charge in [0.05, 0.1) is 0 Å². The monoisotopic (exact) mass is 144 g/mol. The van der Waals surface area contributed by atoms with Crippen molar-refractivity contribution in [3.63, 3.8) is 0 Å². The lowest BCUT2D eigenvalue weighted by Gasteiger charge is -1.82. The summed E-state index contributed by atoms with van der Waals surface area (Å²) >= 11 is 0. The number of halogens is 1. The summed E-state index contributed by atoms with van der Waals surface area (Å²) in [7, 11) is 1.17. The molecule has 0 unspecified atom stereocenters. The van der Waals surface area contributed by atoms with E-state index in [0.29, 0.717) is 0 Å². The zero-order valence-corrected chi connectivity index (χ0v) is 7.61. The Bertz CT molecular complexity index is 138. The minimum Gasteiger partial charge on any atom is -0.147 e. The van der Waals surface area contributed by atoms with Crippen LogP contribution in [-0.2, 0) is 0 Å². The first-order chi connectivity index (χ1) is 3.39. The van der Waals surface area contributed by atoms with E-state index in [1.165, 1.54) is 15.4 Å². The van der Waals surface area contributed by atoms with Crippen molar-refractivity contribution >= 4 is 27.8 Å². The molecule has 1 aromatic carbocycles. The maximum Gasteiger partial charge on any atom is 0.0384 e. The standard InChI is InChI=1S/C6H8Si.ClH/c7-6-4-2-1-3-5-6;/h1-5H,7H3;1H. The van der Waals surface area contributed by atoms with Crippen molar-refractivity contribution in [2.75, 3.05) is 0 Å². The van der Waals surface area contributed by atoms with E-state index in [1.54, 1.807) is 0 Å². The molecule has 0 spiro atoms. The van der Waals surface area contributed by atoms with Gasteiger partial charge in [-0.1, -0.05) is 35.5 Å². The summed E-state index contributed by atoms with van der Waals surface area (Å²) in [5.74, 6) is 0. The SMILES string of the molecule is Cl.[SiH3]c1ccccc1. The van der Waals surface area contributed by atoms with E-state index in [-0.39, 0.29) is 12.4 Å². The molecule has 0 heterocycles. The van der Waals surface area contributed by atoms with Gasteiger partial charge in [0.2, 0.25) is 0 Å².